The summed E-state index contributed by atoms with van der Waals surface area (Å²) in [7, 11) is 0. The fourth-order valence-corrected chi connectivity index (χ4v) is 1.79. The average molecular weight is 231 g/mol. The van der Waals surface area contributed by atoms with Crippen LogP contribution in [0.3, 0.4) is 0 Å². The molecule has 1 aliphatic rings. The van der Waals surface area contributed by atoms with Crippen molar-refractivity contribution in [1.82, 2.24) is 4.98 Å². The number of nitrogens with zero attached hydrogens (tertiary/aromatic N) is 1. The standard InChI is InChI=1S/C11H12F3NO/c12-11(13,14)8-5-6-10(15-7-8)16-9-3-1-2-4-9/h5-7,9H,1-4H2. The SMILES string of the molecule is FC(F)(F)c1ccc(OC2CCCC2)nc1. The van der Waals surface area contributed by atoms with Gasteiger partial charge >= 0.3 is 6.18 Å². The van der Waals surface area contributed by atoms with Crippen LogP contribution in [0.2, 0.25) is 0 Å². The van der Waals surface area contributed by atoms with Crippen LogP contribution in [0.4, 0.5) is 13.2 Å². The molecule has 88 valence electrons. The summed E-state index contributed by atoms with van der Waals surface area (Å²) >= 11 is 0. The first-order chi connectivity index (χ1) is 7.55. The minimum absolute atomic E-state index is 0.115. The number of hydrogen-bond donors (Lipinski definition) is 0. The van der Waals surface area contributed by atoms with Gasteiger partial charge in [-0.3, -0.25) is 0 Å². The van der Waals surface area contributed by atoms with E-state index in [2.05, 4.69) is 4.98 Å². The van der Waals surface area contributed by atoms with Gasteiger partial charge in [0, 0.05) is 12.3 Å². The first kappa shape index (κ1) is 11.2. The van der Waals surface area contributed by atoms with E-state index >= 15 is 0 Å². The molecular weight excluding hydrogens is 219 g/mol. The molecule has 0 bridgehead atoms. The number of ether oxygens (including phenoxy) is 1. The Hall–Kier alpha value is -1.26. The van der Waals surface area contributed by atoms with Gasteiger partial charge in [0.2, 0.25) is 5.88 Å². The van der Waals surface area contributed by atoms with Crippen LogP contribution in [0.1, 0.15) is 31.2 Å². The minimum Gasteiger partial charge on any atom is -0.474 e. The quantitative estimate of drug-likeness (QED) is 0.778. The highest BCUT2D eigenvalue weighted by Crippen LogP contribution is 2.30. The van der Waals surface area contributed by atoms with Crippen LogP contribution in [-0.2, 0) is 6.18 Å². The van der Waals surface area contributed by atoms with Gasteiger partial charge in [0.25, 0.3) is 0 Å². The molecule has 0 unspecified atom stereocenters. The lowest BCUT2D eigenvalue weighted by Crippen LogP contribution is -2.12. The molecule has 0 spiro atoms. The lowest BCUT2D eigenvalue weighted by molar-refractivity contribution is -0.137. The third-order valence-corrected chi connectivity index (χ3v) is 2.65. The third kappa shape index (κ3) is 2.65. The summed E-state index contributed by atoms with van der Waals surface area (Å²) in [4.78, 5) is 3.67. The Morgan fingerprint density at radius 3 is 2.38 bits per heavy atom. The van der Waals surface area contributed by atoms with Gasteiger partial charge in [-0.2, -0.15) is 13.2 Å². The zero-order valence-corrected chi connectivity index (χ0v) is 8.63. The molecule has 1 saturated carbocycles. The first-order valence-corrected chi connectivity index (χ1v) is 5.25. The van der Waals surface area contributed by atoms with Crippen molar-refractivity contribution in [2.45, 2.75) is 38.0 Å². The van der Waals surface area contributed by atoms with Gasteiger partial charge in [-0.05, 0) is 31.7 Å². The highest BCUT2D eigenvalue weighted by molar-refractivity contribution is 5.20. The molecule has 2 rings (SSSR count). The average Bonchev–Trinajstić information content (AvgIpc) is 2.70. The van der Waals surface area contributed by atoms with Crippen molar-refractivity contribution in [2.75, 3.05) is 0 Å². The summed E-state index contributed by atoms with van der Waals surface area (Å²) < 4.78 is 42.2. The van der Waals surface area contributed by atoms with E-state index in [0.29, 0.717) is 0 Å². The highest BCUT2D eigenvalue weighted by Gasteiger charge is 2.30. The molecule has 1 heterocycles. The molecule has 0 saturated heterocycles. The van der Waals surface area contributed by atoms with Crippen LogP contribution in [0.25, 0.3) is 0 Å². The van der Waals surface area contributed by atoms with E-state index in [1.54, 1.807) is 0 Å². The molecule has 0 aliphatic heterocycles. The van der Waals surface area contributed by atoms with Crippen LogP contribution in [0.5, 0.6) is 5.88 Å². The lowest BCUT2D eigenvalue weighted by Gasteiger charge is -2.12. The molecule has 0 N–H and O–H groups in total. The summed E-state index contributed by atoms with van der Waals surface area (Å²) in [6.45, 7) is 0. The predicted molar refractivity (Wildman–Crippen MR) is 52.1 cm³/mol. The van der Waals surface area contributed by atoms with Gasteiger partial charge in [-0.15, -0.1) is 0 Å². The molecule has 1 aromatic rings. The lowest BCUT2D eigenvalue weighted by atomic mass is 10.3. The molecule has 1 aliphatic carbocycles. The molecule has 0 atom stereocenters. The van der Waals surface area contributed by atoms with Crippen molar-refractivity contribution in [3.8, 4) is 5.88 Å². The first-order valence-electron chi connectivity index (χ1n) is 5.25. The molecular formula is C11H12F3NO. The Morgan fingerprint density at radius 1 is 1.19 bits per heavy atom. The van der Waals surface area contributed by atoms with Gasteiger partial charge in [-0.25, -0.2) is 4.98 Å². The van der Waals surface area contributed by atoms with Crippen molar-refractivity contribution in [1.29, 1.82) is 0 Å². The number of halogens is 3. The normalized spacial score (nSPS) is 17.7. The van der Waals surface area contributed by atoms with Crippen molar-refractivity contribution < 1.29 is 17.9 Å². The van der Waals surface area contributed by atoms with Crippen LogP contribution in [-0.4, -0.2) is 11.1 Å². The molecule has 0 radical (unpaired) electrons. The van der Waals surface area contributed by atoms with E-state index < -0.39 is 11.7 Å². The van der Waals surface area contributed by atoms with E-state index in [-0.39, 0.29) is 12.0 Å². The summed E-state index contributed by atoms with van der Waals surface area (Å²) in [6, 6.07) is 2.28. The predicted octanol–water partition coefficient (Wildman–Crippen LogP) is 3.42. The Balaban J connectivity index is 2.01. The van der Waals surface area contributed by atoms with Gasteiger partial charge < -0.3 is 4.74 Å². The fraction of sp³-hybridized carbons (Fsp3) is 0.545. The van der Waals surface area contributed by atoms with Crippen LogP contribution < -0.4 is 4.74 Å². The number of rotatable bonds is 2. The molecule has 0 aromatic carbocycles. The number of alkyl halides is 3. The molecule has 1 fully saturated rings. The summed E-state index contributed by atoms with van der Waals surface area (Å²) in [5.41, 5.74) is -0.744. The molecule has 1 aromatic heterocycles. The fourth-order valence-electron chi connectivity index (χ4n) is 1.79. The third-order valence-electron chi connectivity index (χ3n) is 2.65. The highest BCUT2D eigenvalue weighted by atomic mass is 19.4. The number of hydrogen-bond acceptors (Lipinski definition) is 2. The largest absolute Gasteiger partial charge is 0.474 e. The zero-order chi connectivity index (χ0) is 11.6. The van der Waals surface area contributed by atoms with E-state index in [9.17, 15) is 13.2 Å². The smallest absolute Gasteiger partial charge is 0.417 e. The maximum absolute atomic E-state index is 12.2. The van der Waals surface area contributed by atoms with Gasteiger partial charge in [0.15, 0.2) is 0 Å². The van der Waals surface area contributed by atoms with Gasteiger partial charge in [0.1, 0.15) is 6.10 Å². The number of pyridine rings is 1. The van der Waals surface area contributed by atoms with Crippen LogP contribution in [0.15, 0.2) is 18.3 Å². The van der Waals surface area contributed by atoms with Crippen molar-refractivity contribution in [2.24, 2.45) is 0 Å². The second-order valence-corrected chi connectivity index (χ2v) is 3.91. The van der Waals surface area contributed by atoms with Crippen molar-refractivity contribution in [3.63, 3.8) is 0 Å². The topological polar surface area (TPSA) is 22.1 Å². The molecule has 2 nitrogen and oxygen atoms in total. The van der Waals surface area contributed by atoms with Gasteiger partial charge in [0.05, 0.1) is 5.56 Å². The summed E-state index contributed by atoms with van der Waals surface area (Å²) in [5.74, 6) is 0.278. The van der Waals surface area contributed by atoms with E-state index in [4.69, 9.17) is 4.74 Å². The molecule has 5 heteroatoms. The zero-order valence-electron chi connectivity index (χ0n) is 8.63. The number of aromatic nitrogens is 1. The summed E-state index contributed by atoms with van der Waals surface area (Å²) in [5, 5.41) is 0. The van der Waals surface area contributed by atoms with E-state index in [1.807, 2.05) is 0 Å². The van der Waals surface area contributed by atoms with Crippen molar-refractivity contribution >= 4 is 0 Å². The van der Waals surface area contributed by atoms with E-state index in [0.717, 1.165) is 37.9 Å². The van der Waals surface area contributed by atoms with Crippen LogP contribution in [0, 0.1) is 0 Å². The second kappa shape index (κ2) is 4.31. The van der Waals surface area contributed by atoms with Crippen LogP contribution >= 0.6 is 0 Å². The van der Waals surface area contributed by atoms with E-state index in [1.165, 1.54) is 6.07 Å². The Labute approximate surface area is 91.4 Å². The Bertz CT molecular complexity index is 341. The summed E-state index contributed by atoms with van der Waals surface area (Å²) in [6.07, 6.45) is 0.745. The molecule has 0 amide bonds. The molecule has 16 heavy (non-hydrogen) atoms. The monoisotopic (exact) mass is 231 g/mol. The van der Waals surface area contributed by atoms with Gasteiger partial charge in [-0.1, -0.05) is 0 Å². The second-order valence-electron chi connectivity index (χ2n) is 3.91. The van der Waals surface area contributed by atoms with Crippen molar-refractivity contribution in [3.05, 3.63) is 23.9 Å². The Kier molecular flexibility index (Phi) is 3.03. The maximum Gasteiger partial charge on any atom is 0.417 e. The Morgan fingerprint density at radius 2 is 1.88 bits per heavy atom. The maximum atomic E-state index is 12.2. The minimum atomic E-state index is -4.33.